The first-order valence-electron chi connectivity index (χ1n) is 10.2. The smallest absolute Gasteiger partial charge is 0.410 e. The number of fused-ring (bicyclic) bond motifs is 1. The van der Waals surface area contributed by atoms with Gasteiger partial charge in [-0.05, 0) is 45.7 Å². The van der Waals surface area contributed by atoms with E-state index in [0.29, 0.717) is 5.57 Å². The minimum absolute atomic E-state index is 0.138. The molecule has 1 aromatic rings. The molecule has 0 bridgehead atoms. The summed E-state index contributed by atoms with van der Waals surface area (Å²) in [6, 6.07) is 7.68. The van der Waals surface area contributed by atoms with Crippen LogP contribution in [0.25, 0.3) is 5.57 Å². The Bertz CT molecular complexity index is 878. The van der Waals surface area contributed by atoms with Crippen molar-refractivity contribution in [1.82, 2.24) is 4.90 Å². The molecule has 0 heterocycles. The van der Waals surface area contributed by atoms with E-state index in [1.165, 1.54) is 18.9 Å². The normalized spacial score (nSPS) is 16.7. The third-order valence-electron chi connectivity index (χ3n) is 5.15. The third kappa shape index (κ3) is 4.74. The zero-order chi connectivity index (χ0) is 22.9. The van der Waals surface area contributed by atoms with Gasteiger partial charge in [-0.15, -0.1) is 0 Å². The molecular weight excluding hydrogens is 382 g/mol. The Kier molecular flexibility index (Phi) is 6.50. The number of amides is 1. The lowest BCUT2D eigenvalue weighted by atomic mass is 9.80. The van der Waals surface area contributed by atoms with Crippen LogP contribution in [0.2, 0.25) is 0 Å². The molecule has 0 N–H and O–H groups in total. The third-order valence-corrected chi connectivity index (χ3v) is 5.15. The number of hydrogen-bond acceptors (Lipinski definition) is 5. The molecule has 1 aliphatic carbocycles. The maximum absolute atomic E-state index is 13.7. The number of ether oxygens (including phenoxy) is 2. The number of carbonyl (C=O) groups is 3. The molecule has 30 heavy (non-hydrogen) atoms. The van der Waals surface area contributed by atoms with E-state index in [1.807, 2.05) is 44.2 Å². The number of benzene rings is 1. The highest BCUT2D eigenvalue weighted by atomic mass is 16.6. The van der Waals surface area contributed by atoms with Gasteiger partial charge in [0.2, 0.25) is 0 Å². The summed E-state index contributed by atoms with van der Waals surface area (Å²) in [4.78, 5) is 40.4. The molecule has 0 radical (unpaired) electrons. The van der Waals surface area contributed by atoms with Crippen LogP contribution in [0.3, 0.4) is 0 Å². The maximum Gasteiger partial charge on any atom is 0.410 e. The van der Waals surface area contributed by atoms with Crippen molar-refractivity contribution in [3.8, 4) is 0 Å². The molecule has 6 nitrogen and oxygen atoms in total. The van der Waals surface area contributed by atoms with E-state index >= 15 is 0 Å². The lowest BCUT2D eigenvalue weighted by Crippen LogP contribution is -2.49. The van der Waals surface area contributed by atoms with Crippen LogP contribution >= 0.6 is 0 Å². The van der Waals surface area contributed by atoms with Crippen LogP contribution in [0, 0.1) is 5.41 Å². The second-order valence-corrected chi connectivity index (χ2v) is 9.54. The van der Waals surface area contributed by atoms with Crippen molar-refractivity contribution in [3.05, 3.63) is 41.5 Å². The van der Waals surface area contributed by atoms with Crippen molar-refractivity contribution in [2.75, 3.05) is 20.2 Å². The van der Waals surface area contributed by atoms with Crippen molar-refractivity contribution in [2.24, 2.45) is 5.41 Å². The Labute approximate surface area is 179 Å². The predicted molar refractivity (Wildman–Crippen MR) is 116 cm³/mol. The molecule has 1 unspecified atom stereocenters. The van der Waals surface area contributed by atoms with Gasteiger partial charge in [-0.25, -0.2) is 4.79 Å². The average Bonchev–Trinajstić information content (AvgIpc) is 2.91. The first-order chi connectivity index (χ1) is 13.7. The predicted octanol–water partition coefficient (Wildman–Crippen LogP) is 4.37. The molecule has 164 valence electrons. The van der Waals surface area contributed by atoms with Gasteiger partial charge in [0.05, 0.1) is 6.61 Å². The molecule has 1 amide bonds. The number of Topliss-reactive ketones (excluding diaryl/α,β-unsaturated/α-hetero) is 1. The second-order valence-electron chi connectivity index (χ2n) is 9.54. The molecule has 0 aliphatic heterocycles. The Morgan fingerprint density at radius 1 is 1.07 bits per heavy atom. The highest BCUT2D eigenvalue weighted by Crippen LogP contribution is 2.43. The molecule has 0 saturated heterocycles. The molecule has 2 rings (SSSR count). The summed E-state index contributed by atoms with van der Waals surface area (Å²) in [7, 11) is 1.51. The number of carbonyl (C=O) groups excluding carboxylic acids is 3. The number of ketones is 1. The SMILES string of the molecule is CCOC(=O)C(C)(CN(C)C(=O)OC(C)(C)C)C(=O)C1=CC(C)(C)c2ccccc21. The van der Waals surface area contributed by atoms with Gasteiger partial charge in [0.1, 0.15) is 11.0 Å². The molecule has 1 atom stereocenters. The minimum Gasteiger partial charge on any atom is -0.465 e. The first kappa shape index (κ1) is 23.6. The Balaban J connectivity index is 2.43. The summed E-state index contributed by atoms with van der Waals surface area (Å²) in [5.41, 5.74) is -0.284. The number of allylic oxidation sites excluding steroid dienone is 2. The fourth-order valence-corrected chi connectivity index (χ4v) is 3.68. The molecule has 1 aromatic carbocycles. The first-order valence-corrected chi connectivity index (χ1v) is 10.2. The lowest BCUT2D eigenvalue weighted by molar-refractivity contribution is -0.158. The monoisotopic (exact) mass is 415 g/mol. The Morgan fingerprint density at radius 2 is 1.67 bits per heavy atom. The number of nitrogens with zero attached hydrogens (tertiary/aromatic N) is 1. The molecule has 1 aliphatic rings. The fourth-order valence-electron chi connectivity index (χ4n) is 3.68. The number of esters is 1. The van der Waals surface area contributed by atoms with Crippen LogP contribution in [-0.2, 0) is 24.5 Å². The zero-order valence-corrected chi connectivity index (χ0v) is 19.3. The van der Waals surface area contributed by atoms with E-state index < -0.39 is 23.1 Å². The average molecular weight is 416 g/mol. The van der Waals surface area contributed by atoms with Crippen molar-refractivity contribution in [3.63, 3.8) is 0 Å². The molecular formula is C24H33NO5. The second kappa shape index (κ2) is 8.25. The van der Waals surface area contributed by atoms with Gasteiger partial charge in [0, 0.05) is 24.6 Å². The molecule has 6 heteroatoms. The molecule has 0 fully saturated rings. The summed E-state index contributed by atoms with van der Waals surface area (Å²) in [6.07, 6.45) is 1.29. The summed E-state index contributed by atoms with van der Waals surface area (Å²) in [5, 5.41) is 0. The van der Waals surface area contributed by atoms with Gasteiger partial charge in [0.15, 0.2) is 5.78 Å². The topological polar surface area (TPSA) is 72.9 Å². The van der Waals surface area contributed by atoms with E-state index in [9.17, 15) is 14.4 Å². The molecule has 0 spiro atoms. The van der Waals surface area contributed by atoms with Gasteiger partial charge >= 0.3 is 12.1 Å². The lowest BCUT2D eigenvalue weighted by Gasteiger charge is -2.32. The van der Waals surface area contributed by atoms with E-state index in [2.05, 4.69) is 0 Å². The van der Waals surface area contributed by atoms with Crippen LogP contribution in [0.4, 0.5) is 4.79 Å². The van der Waals surface area contributed by atoms with Crippen molar-refractivity contribution in [1.29, 1.82) is 0 Å². The summed E-state index contributed by atoms with van der Waals surface area (Å²) < 4.78 is 10.6. The van der Waals surface area contributed by atoms with E-state index in [1.54, 1.807) is 27.7 Å². The standard InChI is InChI=1S/C24H33NO5/c1-9-29-20(27)24(7,15-25(8)21(28)30-22(2,3)4)19(26)17-14-23(5,6)18-13-11-10-12-16(17)18/h10-14H,9,15H2,1-8H3. The fraction of sp³-hybridized carbons (Fsp3) is 0.542. The minimum atomic E-state index is -1.57. The van der Waals surface area contributed by atoms with Crippen LogP contribution < -0.4 is 0 Å². The van der Waals surface area contributed by atoms with Gasteiger partial charge in [-0.1, -0.05) is 44.2 Å². The van der Waals surface area contributed by atoms with Gasteiger partial charge in [-0.2, -0.15) is 0 Å². The zero-order valence-electron chi connectivity index (χ0n) is 19.3. The Morgan fingerprint density at radius 3 is 2.23 bits per heavy atom. The van der Waals surface area contributed by atoms with E-state index in [0.717, 1.165) is 11.1 Å². The van der Waals surface area contributed by atoms with Crippen molar-refractivity contribution in [2.45, 2.75) is 59.5 Å². The largest absolute Gasteiger partial charge is 0.465 e. The van der Waals surface area contributed by atoms with Crippen LogP contribution in [0.15, 0.2) is 30.3 Å². The quantitative estimate of drug-likeness (QED) is 0.510. The van der Waals surface area contributed by atoms with E-state index in [-0.39, 0.29) is 24.3 Å². The highest BCUT2D eigenvalue weighted by molar-refractivity contribution is 6.30. The number of hydrogen-bond donors (Lipinski definition) is 0. The summed E-state index contributed by atoms with van der Waals surface area (Å²) in [5.74, 6) is -1.03. The van der Waals surface area contributed by atoms with E-state index in [4.69, 9.17) is 9.47 Å². The molecule has 0 saturated carbocycles. The van der Waals surface area contributed by atoms with Gasteiger partial charge in [0.25, 0.3) is 0 Å². The van der Waals surface area contributed by atoms with Crippen molar-refractivity contribution >= 4 is 23.4 Å². The highest BCUT2D eigenvalue weighted by Gasteiger charge is 2.48. The van der Waals surface area contributed by atoms with Crippen molar-refractivity contribution < 1.29 is 23.9 Å². The van der Waals surface area contributed by atoms with Crippen LogP contribution in [0.5, 0.6) is 0 Å². The van der Waals surface area contributed by atoms with Crippen LogP contribution in [0.1, 0.15) is 59.6 Å². The molecule has 0 aromatic heterocycles. The summed E-state index contributed by atoms with van der Waals surface area (Å²) in [6.45, 7) is 12.5. The van der Waals surface area contributed by atoms with Crippen LogP contribution in [-0.4, -0.2) is 48.5 Å². The Hall–Kier alpha value is -2.63. The number of rotatable bonds is 6. The van der Waals surface area contributed by atoms with Gasteiger partial charge in [-0.3, -0.25) is 9.59 Å². The summed E-state index contributed by atoms with van der Waals surface area (Å²) >= 11 is 0. The van der Waals surface area contributed by atoms with Gasteiger partial charge < -0.3 is 14.4 Å². The maximum atomic E-state index is 13.7.